The van der Waals surface area contributed by atoms with Crippen LogP contribution in [-0.2, 0) is 13.1 Å². The third-order valence-corrected chi connectivity index (χ3v) is 4.32. The normalized spacial score (nSPS) is 11.4. The summed E-state index contributed by atoms with van der Waals surface area (Å²) < 4.78 is 13.2. The molecule has 3 aromatic rings. The number of aryl methyl sites for hydroxylation is 1. The Balaban J connectivity index is 2.09. The summed E-state index contributed by atoms with van der Waals surface area (Å²) in [6.45, 7) is 4.35. The number of nitrogens with zero attached hydrogens (tertiary/aromatic N) is 3. The lowest BCUT2D eigenvalue weighted by Gasteiger charge is -2.06. The van der Waals surface area contributed by atoms with Crippen LogP contribution in [0.15, 0.2) is 27.8 Å². The van der Waals surface area contributed by atoms with Gasteiger partial charge in [0.25, 0.3) is 5.56 Å². The molecule has 0 bridgehead atoms. The zero-order valence-electron chi connectivity index (χ0n) is 15.8. The Kier molecular flexibility index (Phi) is 5.16. The molecule has 0 aliphatic heterocycles. The molecule has 0 atom stereocenters. The van der Waals surface area contributed by atoms with Crippen molar-refractivity contribution in [2.24, 2.45) is 0 Å². The summed E-state index contributed by atoms with van der Waals surface area (Å²) in [5.41, 5.74) is 0.821. The van der Waals surface area contributed by atoms with Crippen molar-refractivity contribution in [3.8, 4) is 11.5 Å². The highest BCUT2D eigenvalue weighted by atomic mass is 16.5. The van der Waals surface area contributed by atoms with E-state index in [1.807, 2.05) is 25.1 Å². The quantitative estimate of drug-likeness (QED) is 0.718. The molecule has 8 nitrogen and oxygen atoms in total. The van der Waals surface area contributed by atoms with Crippen LogP contribution in [-0.4, -0.2) is 33.3 Å². The van der Waals surface area contributed by atoms with Crippen LogP contribution in [0.3, 0.4) is 0 Å². The number of nitrogens with one attached hydrogen (secondary N) is 1. The summed E-state index contributed by atoms with van der Waals surface area (Å²) in [6.07, 6.45) is 3.57. The van der Waals surface area contributed by atoms with Crippen LogP contribution in [0, 0.1) is 0 Å². The van der Waals surface area contributed by atoms with Crippen molar-refractivity contribution >= 4 is 23.3 Å². The van der Waals surface area contributed by atoms with Crippen molar-refractivity contribution < 1.29 is 9.47 Å². The van der Waals surface area contributed by atoms with Gasteiger partial charge in [0, 0.05) is 19.2 Å². The Morgan fingerprint density at radius 3 is 2.19 bits per heavy atom. The number of ether oxygens (including phenoxy) is 2. The van der Waals surface area contributed by atoms with Gasteiger partial charge in [-0.1, -0.05) is 6.08 Å². The maximum atomic E-state index is 12.5. The zero-order valence-corrected chi connectivity index (χ0v) is 15.8. The van der Waals surface area contributed by atoms with Gasteiger partial charge in [0.05, 0.1) is 14.2 Å². The van der Waals surface area contributed by atoms with Gasteiger partial charge in [0.2, 0.25) is 0 Å². The predicted octanol–water partition coefficient (Wildman–Crippen LogP) is 2.11. The molecule has 3 rings (SSSR count). The van der Waals surface area contributed by atoms with Crippen molar-refractivity contribution in [1.82, 2.24) is 19.1 Å². The van der Waals surface area contributed by atoms with E-state index >= 15 is 0 Å². The second-order valence-corrected chi connectivity index (χ2v) is 5.88. The van der Waals surface area contributed by atoms with Gasteiger partial charge in [-0.15, -0.1) is 0 Å². The number of aromatic nitrogens is 4. The topological polar surface area (TPSA) is 91.1 Å². The zero-order chi connectivity index (χ0) is 19.6. The van der Waals surface area contributed by atoms with Crippen LogP contribution in [0.1, 0.15) is 25.2 Å². The van der Waals surface area contributed by atoms with Gasteiger partial charge < -0.3 is 14.5 Å². The van der Waals surface area contributed by atoms with E-state index in [1.165, 1.54) is 9.13 Å². The maximum Gasteiger partial charge on any atom is 0.332 e. The minimum absolute atomic E-state index is 0.307. The standard InChI is InChI=1S/C19H22N4O4/c1-5-22-17-16(18(24)23(6-2)19(22)25)20-15(21-17)8-7-12-9-13(26-3)11-14(10-12)27-4/h7-11H,5-6H2,1-4H3,(H,20,21)/b8-7+. The van der Waals surface area contributed by atoms with Gasteiger partial charge in [-0.3, -0.25) is 13.9 Å². The van der Waals surface area contributed by atoms with Crippen molar-refractivity contribution in [1.29, 1.82) is 0 Å². The lowest BCUT2D eigenvalue weighted by molar-refractivity contribution is 0.394. The molecule has 0 aliphatic carbocycles. The van der Waals surface area contributed by atoms with Crippen molar-refractivity contribution in [2.75, 3.05) is 14.2 Å². The molecule has 0 amide bonds. The molecule has 27 heavy (non-hydrogen) atoms. The number of fused-ring (bicyclic) bond motifs is 1. The number of hydrogen-bond acceptors (Lipinski definition) is 5. The van der Waals surface area contributed by atoms with Gasteiger partial charge in [0.1, 0.15) is 22.8 Å². The fourth-order valence-electron chi connectivity index (χ4n) is 2.93. The first kappa shape index (κ1) is 18.5. The Labute approximate surface area is 155 Å². The van der Waals surface area contributed by atoms with Crippen molar-refractivity contribution in [2.45, 2.75) is 26.9 Å². The summed E-state index contributed by atoms with van der Waals surface area (Å²) in [5.74, 6) is 1.83. The molecule has 0 aliphatic rings. The van der Waals surface area contributed by atoms with E-state index in [0.29, 0.717) is 41.6 Å². The van der Waals surface area contributed by atoms with E-state index in [2.05, 4.69) is 9.97 Å². The van der Waals surface area contributed by atoms with Gasteiger partial charge in [0.15, 0.2) is 5.65 Å². The molecule has 1 N–H and O–H groups in total. The van der Waals surface area contributed by atoms with E-state index in [1.54, 1.807) is 33.3 Å². The average molecular weight is 370 g/mol. The lowest BCUT2D eigenvalue weighted by atomic mass is 10.2. The number of imidazole rings is 1. The minimum atomic E-state index is -0.364. The average Bonchev–Trinajstić information content (AvgIpc) is 3.11. The number of aromatic amines is 1. The Morgan fingerprint density at radius 2 is 1.63 bits per heavy atom. The Hall–Kier alpha value is -3.29. The number of H-pyrrole nitrogens is 1. The second-order valence-electron chi connectivity index (χ2n) is 5.88. The number of benzene rings is 1. The van der Waals surface area contributed by atoms with Crippen LogP contribution in [0.2, 0.25) is 0 Å². The molecule has 2 aromatic heterocycles. The molecule has 142 valence electrons. The number of hydrogen-bond donors (Lipinski definition) is 1. The second kappa shape index (κ2) is 7.53. The SMILES string of the molecule is CCn1c(=O)c2[nH]c(/C=C/c3cc(OC)cc(OC)c3)nc2n(CC)c1=O. The molecule has 0 saturated carbocycles. The smallest absolute Gasteiger partial charge is 0.332 e. The van der Waals surface area contributed by atoms with Gasteiger partial charge in [-0.2, -0.15) is 0 Å². The van der Waals surface area contributed by atoms with E-state index in [9.17, 15) is 9.59 Å². The lowest BCUT2D eigenvalue weighted by Crippen LogP contribution is -2.39. The van der Waals surface area contributed by atoms with E-state index < -0.39 is 0 Å². The highest BCUT2D eigenvalue weighted by molar-refractivity contribution is 5.76. The van der Waals surface area contributed by atoms with Gasteiger partial charge in [-0.25, -0.2) is 9.78 Å². The highest BCUT2D eigenvalue weighted by Crippen LogP contribution is 2.23. The Morgan fingerprint density at radius 1 is 1.00 bits per heavy atom. The first-order valence-electron chi connectivity index (χ1n) is 8.66. The summed E-state index contributed by atoms with van der Waals surface area (Å²) >= 11 is 0. The molecule has 0 spiro atoms. The van der Waals surface area contributed by atoms with E-state index in [0.717, 1.165) is 5.56 Å². The summed E-state index contributed by atoms with van der Waals surface area (Å²) in [5, 5.41) is 0. The molecular weight excluding hydrogens is 348 g/mol. The van der Waals surface area contributed by atoms with E-state index in [-0.39, 0.29) is 11.2 Å². The fraction of sp³-hybridized carbons (Fsp3) is 0.316. The largest absolute Gasteiger partial charge is 0.497 e. The third-order valence-electron chi connectivity index (χ3n) is 4.32. The number of methoxy groups -OCH3 is 2. The molecule has 0 radical (unpaired) electrons. The minimum Gasteiger partial charge on any atom is -0.497 e. The monoisotopic (exact) mass is 370 g/mol. The molecule has 0 saturated heterocycles. The first-order valence-corrected chi connectivity index (χ1v) is 8.66. The molecule has 0 unspecified atom stereocenters. The van der Waals surface area contributed by atoms with Crippen LogP contribution >= 0.6 is 0 Å². The molecule has 0 fully saturated rings. The predicted molar refractivity (Wildman–Crippen MR) is 104 cm³/mol. The van der Waals surface area contributed by atoms with Gasteiger partial charge in [-0.05, 0) is 37.6 Å². The van der Waals surface area contributed by atoms with Crippen LogP contribution in [0.4, 0.5) is 0 Å². The summed E-state index contributed by atoms with van der Waals surface area (Å²) in [7, 11) is 3.18. The van der Waals surface area contributed by atoms with Crippen LogP contribution in [0.5, 0.6) is 11.5 Å². The molecule has 1 aromatic carbocycles. The van der Waals surface area contributed by atoms with Crippen LogP contribution < -0.4 is 20.7 Å². The Bertz CT molecular complexity index is 1100. The summed E-state index contributed by atoms with van der Waals surface area (Å²) in [4.78, 5) is 32.4. The third kappa shape index (κ3) is 3.38. The first-order chi connectivity index (χ1) is 13.0. The van der Waals surface area contributed by atoms with Gasteiger partial charge >= 0.3 is 5.69 Å². The van der Waals surface area contributed by atoms with Crippen LogP contribution in [0.25, 0.3) is 23.3 Å². The highest BCUT2D eigenvalue weighted by Gasteiger charge is 2.14. The molecule has 2 heterocycles. The number of rotatable bonds is 6. The summed E-state index contributed by atoms with van der Waals surface area (Å²) in [6, 6.07) is 5.49. The van der Waals surface area contributed by atoms with Crippen molar-refractivity contribution in [3.63, 3.8) is 0 Å². The molecular formula is C19H22N4O4. The fourth-order valence-corrected chi connectivity index (χ4v) is 2.93. The maximum absolute atomic E-state index is 12.5. The van der Waals surface area contributed by atoms with Crippen molar-refractivity contribution in [3.05, 3.63) is 50.4 Å². The molecule has 8 heteroatoms. The van der Waals surface area contributed by atoms with E-state index in [4.69, 9.17) is 9.47 Å².